The number of halogens is 4. The third-order valence-electron chi connectivity index (χ3n) is 3.79. The van der Waals surface area contributed by atoms with Gasteiger partial charge in [-0.1, -0.05) is 47.6 Å². The number of hydrogen-bond donors (Lipinski definition) is 0. The zero-order chi connectivity index (χ0) is 20.9. The van der Waals surface area contributed by atoms with Crippen molar-refractivity contribution >= 4 is 23.4 Å². The van der Waals surface area contributed by atoms with Crippen LogP contribution < -0.4 is 9.47 Å². The van der Waals surface area contributed by atoms with E-state index in [1.54, 1.807) is 28.8 Å². The Bertz CT molecular complexity index is 966. The van der Waals surface area contributed by atoms with Gasteiger partial charge >= 0.3 is 6.18 Å². The maximum atomic E-state index is 12.3. The molecule has 5 nitrogen and oxygen atoms in total. The SMILES string of the molecule is Cn1c(COc2ccccc2Cl)nnc1SCc1cccc(OCC(F)(F)F)c1. The van der Waals surface area contributed by atoms with Crippen molar-refractivity contribution in [1.82, 2.24) is 14.8 Å². The molecular formula is C19H17ClF3N3O2S. The molecule has 154 valence electrons. The summed E-state index contributed by atoms with van der Waals surface area (Å²) in [4.78, 5) is 0. The van der Waals surface area contributed by atoms with Crippen LogP contribution in [-0.2, 0) is 19.4 Å². The molecule has 3 rings (SSSR count). The summed E-state index contributed by atoms with van der Waals surface area (Å²) in [6, 6.07) is 13.7. The molecule has 0 N–H and O–H groups in total. The lowest BCUT2D eigenvalue weighted by Crippen LogP contribution is -2.19. The van der Waals surface area contributed by atoms with Gasteiger partial charge in [0.25, 0.3) is 0 Å². The van der Waals surface area contributed by atoms with E-state index in [2.05, 4.69) is 10.2 Å². The number of hydrogen-bond acceptors (Lipinski definition) is 5. The molecule has 0 radical (unpaired) electrons. The number of para-hydroxylation sites is 1. The van der Waals surface area contributed by atoms with Crippen molar-refractivity contribution in [2.24, 2.45) is 7.05 Å². The summed E-state index contributed by atoms with van der Waals surface area (Å²) in [5.41, 5.74) is 0.812. The molecule has 0 bridgehead atoms. The second kappa shape index (κ2) is 9.41. The maximum absolute atomic E-state index is 12.3. The summed E-state index contributed by atoms with van der Waals surface area (Å²) in [6.07, 6.45) is -4.37. The van der Waals surface area contributed by atoms with E-state index in [1.807, 2.05) is 25.2 Å². The Labute approximate surface area is 174 Å². The van der Waals surface area contributed by atoms with Gasteiger partial charge in [0.1, 0.15) is 18.1 Å². The minimum absolute atomic E-state index is 0.173. The van der Waals surface area contributed by atoms with Crippen LogP contribution in [0.3, 0.4) is 0 Å². The van der Waals surface area contributed by atoms with Gasteiger partial charge in [-0.2, -0.15) is 13.2 Å². The molecule has 0 amide bonds. The number of ether oxygens (including phenoxy) is 2. The second-order valence-corrected chi connectivity index (χ2v) is 7.37. The highest BCUT2D eigenvalue weighted by Crippen LogP contribution is 2.26. The highest BCUT2D eigenvalue weighted by atomic mass is 35.5. The Morgan fingerprint density at radius 3 is 2.62 bits per heavy atom. The Balaban J connectivity index is 1.57. The van der Waals surface area contributed by atoms with Gasteiger partial charge in [0.05, 0.1) is 5.02 Å². The summed E-state index contributed by atoms with van der Waals surface area (Å²) in [5.74, 6) is 1.85. The van der Waals surface area contributed by atoms with E-state index in [9.17, 15) is 13.2 Å². The average molecular weight is 444 g/mol. The molecule has 0 fully saturated rings. The van der Waals surface area contributed by atoms with Crippen LogP contribution in [0.4, 0.5) is 13.2 Å². The lowest BCUT2D eigenvalue weighted by molar-refractivity contribution is -0.153. The first-order chi connectivity index (χ1) is 13.8. The van der Waals surface area contributed by atoms with Gasteiger partial charge < -0.3 is 14.0 Å². The first kappa shape index (κ1) is 21.3. The van der Waals surface area contributed by atoms with Gasteiger partial charge in [-0.3, -0.25) is 0 Å². The van der Waals surface area contributed by atoms with E-state index in [0.29, 0.717) is 27.5 Å². The highest BCUT2D eigenvalue weighted by Gasteiger charge is 2.28. The van der Waals surface area contributed by atoms with E-state index in [0.717, 1.165) is 5.56 Å². The molecular weight excluding hydrogens is 427 g/mol. The van der Waals surface area contributed by atoms with Gasteiger partial charge in [0.15, 0.2) is 17.6 Å². The Hall–Kier alpha value is -2.39. The largest absolute Gasteiger partial charge is 0.484 e. The smallest absolute Gasteiger partial charge is 0.422 e. The summed E-state index contributed by atoms with van der Waals surface area (Å²) < 4.78 is 49.1. The Morgan fingerprint density at radius 1 is 1.07 bits per heavy atom. The second-order valence-electron chi connectivity index (χ2n) is 6.02. The molecule has 0 unspecified atom stereocenters. The Kier molecular flexibility index (Phi) is 6.92. The predicted octanol–water partition coefficient (Wildman–Crippen LogP) is 5.28. The van der Waals surface area contributed by atoms with Crippen LogP contribution in [-0.4, -0.2) is 27.5 Å². The molecule has 2 aromatic carbocycles. The molecule has 1 heterocycles. The molecule has 0 saturated heterocycles. The van der Waals surface area contributed by atoms with Crippen molar-refractivity contribution in [3.05, 3.63) is 64.9 Å². The quantitative estimate of drug-likeness (QED) is 0.443. The molecule has 3 aromatic rings. The third kappa shape index (κ3) is 6.30. The lowest BCUT2D eigenvalue weighted by Gasteiger charge is -2.10. The van der Waals surface area contributed by atoms with Crippen molar-refractivity contribution in [3.8, 4) is 11.5 Å². The topological polar surface area (TPSA) is 49.2 Å². The number of thioether (sulfide) groups is 1. The summed E-state index contributed by atoms with van der Waals surface area (Å²) in [7, 11) is 1.82. The van der Waals surface area contributed by atoms with Gasteiger partial charge in [-0.15, -0.1) is 10.2 Å². The minimum atomic E-state index is -4.37. The fourth-order valence-electron chi connectivity index (χ4n) is 2.34. The fraction of sp³-hybridized carbons (Fsp3) is 0.263. The monoisotopic (exact) mass is 443 g/mol. The van der Waals surface area contributed by atoms with Gasteiger partial charge in [0.2, 0.25) is 0 Å². The lowest BCUT2D eigenvalue weighted by atomic mass is 10.2. The number of benzene rings is 2. The van der Waals surface area contributed by atoms with Crippen LogP contribution in [0.1, 0.15) is 11.4 Å². The number of rotatable bonds is 8. The fourth-order valence-corrected chi connectivity index (χ4v) is 3.40. The zero-order valence-corrected chi connectivity index (χ0v) is 16.9. The van der Waals surface area contributed by atoms with Crippen LogP contribution in [0.5, 0.6) is 11.5 Å². The summed E-state index contributed by atoms with van der Waals surface area (Å²) in [5, 5.41) is 9.43. The van der Waals surface area contributed by atoms with Gasteiger partial charge in [-0.25, -0.2) is 0 Å². The van der Waals surface area contributed by atoms with Crippen LogP contribution in [0.15, 0.2) is 53.7 Å². The van der Waals surface area contributed by atoms with E-state index >= 15 is 0 Å². The number of aromatic nitrogens is 3. The third-order valence-corrected chi connectivity index (χ3v) is 5.19. The van der Waals surface area contributed by atoms with Crippen LogP contribution in [0.2, 0.25) is 5.02 Å². The van der Waals surface area contributed by atoms with Crippen molar-refractivity contribution in [2.45, 2.75) is 23.7 Å². The van der Waals surface area contributed by atoms with Crippen LogP contribution in [0.25, 0.3) is 0 Å². The van der Waals surface area contributed by atoms with Crippen molar-refractivity contribution in [2.75, 3.05) is 6.61 Å². The highest BCUT2D eigenvalue weighted by molar-refractivity contribution is 7.98. The molecule has 0 aliphatic carbocycles. The first-order valence-electron chi connectivity index (χ1n) is 8.49. The van der Waals surface area contributed by atoms with Crippen molar-refractivity contribution in [3.63, 3.8) is 0 Å². The van der Waals surface area contributed by atoms with Crippen LogP contribution >= 0.6 is 23.4 Å². The van der Waals surface area contributed by atoms with E-state index in [4.69, 9.17) is 21.1 Å². The molecule has 0 atom stereocenters. The molecule has 29 heavy (non-hydrogen) atoms. The average Bonchev–Trinajstić information content (AvgIpc) is 3.04. The van der Waals surface area contributed by atoms with Crippen molar-refractivity contribution < 1.29 is 22.6 Å². The number of alkyl halides is 3. The van der Waals surface area contributed by atoms with Crippen molar-refractivity contribution in [1.29, 1.82) is 0 Å². The first-order valence-corrected chi connectivity index (χ1v) is 9.85. The van der Waals surface area contributed by atoms with Gasteiger partial charge in [0, 0.05) is 12.8 Å². The van der Waals surface area contributed by atoms with E-state index < -0.39 is 12.8 Å². The molecule has 0 spiro atoms. The molecule has 0 aliphatic heterocycles. The molecule has 0 aliphatic rings. The minimum Gasteiger partial charge on any atom is -0.484 e. The predicted molar refractivity (Wildman–Crippen MR) is 104 cm³/mol. The standard InChI is InChI=1S/C19H17ClF3N3O2S/c1-26-17(10-27-16-8-3-2-7-15(16)20)24-25-18(26)29-11-13-5-4-6-14(9-13)28-12-19(21,22)23/h2-9H,10-12H2,1H3. The van der Waals surface area contributed by atoms with E-state index in [1.165, 1.54) is 17.8 Å². The van der Waals surface area contributed by atoms with Gasteiger partial charge in [-0.05, 0) is 29.8 Å². The summed E-state index contributed by atoms with van der Waals surface area (Å²) in [6.45, 7) is -1.11. The zero-order valence-electron chi connectivity index (χ0n) is 15.3. The number of nitrogens with zero attached hydrogens (tertiary/aromatic N) is 3. The summed E-state index contributed by atoms with van der Waals surface area (Å²) >= 11 is 7.48. The van der Waals surface area contributed by atoms with Crippen LogP contribution in [0, 0.1) is 0 Å². The maximum Gasteiger partial charge on any atom is 0.422 e. The molecule has 10 heteroatoms. The van der Waals surface area contributed by atoms with E-state index in [-0.39, 0.29) is 12.4 Å². The normalized spacial score (nSPS) is 11.5. The Morgan fingerprint density at radius 2 is 1.86 bits per heavy atom. The molecule has 0 saturated carbocycles. The molecule has 1 aromatic heterocycles.